The molecule has 3 aromatic rings. The van der Waals surface area contributed by atoms with Gasteiger partial charge in [0, 0.05) is 43.0 Å². The monoisotopic (exact) mass is 264 g/mol. The SMILES string of the molecule is Cn1cc(-c2ccnc(/C=C/c3cncnc3)n2)cn1. The fourth-order valence-corrected chi connectivity index (χ4v) is 1.74. The summed E-state index contributed by atoms with van der Waals surface area (Å²) in [5, 5.41) is 4.14. The topological polar surface area (TPSA) is 69.4 Å². The van der Waals surface area contributed by atoms with Crippen LogP contribution in [-0.4, -0.2) is 29.7 Å². The van der Waals surface area contributed by atoms with Crippen LogP contribution in [0.1, 0.15) is 11.4 Å². The number of aromatic nitrogens is 6. The molecule has 3 rings (SSSR count). The number of nitrogens with zero attached hydrogens (tertiary/aromatic N) is 6. The Balaban J connectivity index is 1.86. The second kappa shape index (κ2) is 5.40. The lowest BCUT2D eigenvalue weighted by Crippen LogP contribution is -1.89. The maximum atomic E-state index is 4.48. The van der Waals surface area contributed by atoms with Gasteiger partial charge in [-0.3, -0.25) is 4.68 Å². The van der Waals surface area contributed by atoms with Crippen LogP contribution in [0.4, 0.5) is 0 Å². The summed E-state index contributed by atoms with van der Waals surface area (Å²) in [5.41, 5.74) is 2.72. The van der Waals surface area contributed by atoms with Gasteiger partial charge in [0.25, 0.3) is 0 Å². The van der Waals surface area contributed by atoms with Gasteiger partial charge in [-0.2, -0.15) is 5.10 Å². The fourth-order valence-electron chi connectivity index (χ4n) is 1.74. The molecule has 0 aliphatic carbocycles. The normalized spacial score (nSPS) is 11.1. The van der Waals surface area contributed by atoms with E-state index in [0.717, 1.165) is 16.8 Å². The van der Waals surface area contributed by atoms with E-state index in [4.69, 9.17) is 0 Å². The van der Waals surface area contributed by atoms with Crippen LogP contribution in [0, 0.1) is 0 Å². The van der Waals surface area contributed by atoms with E-state index in [1.807, 2.05) is 31.5 Å². The molecule has 6 heteroatoms. The largest absolute Gasteiger partial charge is 0.275 e. The Hall–Kier alpha value is -2.89. The van der Waals surface area contributed by atoms with Crippen molar-refractivity contribution in [3.63, 3.8) is 0 Å². The standard InChI is InChI=1S/C14H12N6/c1-20-9-12(8-18-20)13-4-5-17-14(19-13)3-2-11-6-15-10-16-7-11/h2-10H,1H3/b3-2+. The Morgan fingerprint density at radius 3 is 2.70 bits per heavy atom. The first-order valence-electron chi connectivity index (χ1n) is 6.06. The van der Waals surface area contributed by atoms with E-state index in [0.29, 0.717) is 5.82 Å². The average molecular weight is 264 g/mol. The maximum absolute atomic E-state index is 4.48. The predicted molar refractivity (Wildman–Crippen MR) is 75.2 cm³/mol. The Morgan fingerprint density at radius 1 is 1.10 bits per heavy atom. The van der Waals surface area contributed by atoms with Gasteiger partial charge >= 0.3 is 0 Å². The lowest BCUT2D eigenvalue weighted by molar-refractivity contribution is 0.768. The minimum Gasteiger partial charge on any atom is -0.275 e. The molecule has 0 bridgehead atoms. The Labute approximate surface area is 115 Å². The molecule has 0 saturated heterocycles. The first-order chi connectivity index (χ1) is 9.81. The Kier molecular flexibility index (Phi) is 3.28. The van der Waals surface area contributed by atoms with E-state index in [2.05, 4.69) is 25.0 Å². The van der Waals surface area contributed by atoms with E-state index in [-0.39, 0.29) is 0 Å². The van der Waals surface area contributed by atoms with E-state index in [1.54, 1.807) is 29.5 Å². The van der Waals surface area contributed by atoms with Crippen molar-refractivity contribution in [3.8, 4) is 11.3 Å². The van der Waals surface area contributed by atoms with Crippen LogP contribution in [-0.2, 0) is 7.05 Å². The number of hydrogen-bond acceptors (Lipinski definition) is 5. The molecule has 3 heterocycles. The third kappa shape index (κ3) is 2.74. The lowest BCUT2D eigenvalue weighted by Gasteiger charge is -1.97. The predicted octanol–water partition coefficient (Wildman–Crippen LogP) is 1.84. The van der Waals surface area contributed by atoms with Gasteiger partial charge in [0.2, 0.25) is 0 Å². The molecule has 0 N–H and O–H groups in total. The molecule has 20 heavy (non-hydrogen) atoms. The summed E-state index contributed by atoms with van der Waals surface area (Å²) in [6, 6.07) is 1.86. The van der Waals surface area contributed by atoms with Crippen molar-refractivity contribution in [1.29, 1.82) is 0 Å². The van der Waals surface area contributed by atoms with E-state index < -0.39 is 0 Å². The second-order valence-corrected chi connectivity index (χ2v) is 4.21. The minimum atomic E-state index is 0.634. The fraction of sp³-hybridized carbons (Fsp3) is 0.0714. The zero-order valence-electron chi connectivity index (χ0n) is 10.9. The molecule has 0 radical (unpaired) electrons. The van der Waals surface area contributed by atoms with Gasteiger partial charge in [0.1, 0.15) is 6.33 Å². The highest BCUT2D eigenvalue weighted by Gasteiger charge is 2.02. The minimum absolute atomic E-state index is 0.634. The van der Waals surface area contributed by atoms with Crippen LogP contribution < -0.4 is 0 Å². The second-order valence-electron chi connectivity index (χ2n) is 4.21. The molecular formula is C14H12N6. The smallest absolute Gasteiger partial charge is 0.152 e. The zero-order valence-corrected chi connectivity index (χ0v) is 10.9. The van der Waals surface area contributed by atoms with Crippen LogP contribution in [0.15, 0.2) is 43.4 Å². The number of aryl methyl sites for hydroxylation is 1. The van der Waals surface area contributed by atoms with Crippen LogP contribution in [0.3, 0.4) is 0 Å². The lowest BCUT2D eigenvalue weighted by atomic mass is 10.2. The summed E-state index contributed by atoms with van der Waals surface area (Å²) in [6.07, 6.45) is 14.1. The molecule has 0 aliphatic rings. The van der Waals surface area contributed by atoms with Crippen LogP contribution >= 0.6 is 0 Å². The van der Waals surface area contributed by atoms with Gasteiger partial charge in [-0.25, -0.2) is 19.9 Å². The molecule has 0 unspecified atom stereocenters. The zero-order chi connectivity index (χ0) is 13.8. The first-order valence-corrected chi connectivity index (χ1v) is 6.06. The van der Waals surface area contributed by atoms with Crippen LogP contribution in [0.25, 0.3) is 23.4 Å². The molecule has 0 atom stereocenters. The van der Waals surface area contributed by atoms with Crippen molar-refractivity contribution in [2.45, 2.75) is 0 Å². The summed E-state index contributed by atoms with van der Waals surface area (Å²) in [7, 11) is 1.88. The molecule has 0 aromatic carbocycles. The van der Waals surface area contributed by atoms with E-state index in [1.165, 1.54) is 6.33 Å². The average Bonchev–Trinajstić information content (AvgIpc) is 2.93. The molecular weight excluding hydrogens is 252 g/mol. The third-order valence-electron chi connectivity index (χ3n) is 2.68. The molecule has 3 aromatic heterocycles. The highest BCUT2D eigenvalue weighted by molar-refractivity contribution is 5.67. The van der Waals surface area contributed by atoms with Gasteiger partial charge in [-0.15, -0.1) is 0 Å². The van der Waals surface area contributed by atoms with Crippen LogP contribution in [0.5, 0.6) is 0 Å². The highest BCUT2D eigenvalue weighted by Crippen LogP contribution is 2.15. The van der Waals surface area contributed by atoms with Gasteiger partial charge in [0.05, 0.1) is 11.9 Å². The van der Waals surface area contributed by atoms with Crippen LogP contribution in [0.2, 0.25) is 0 Å². The molecule has 6 nitrogen and oxygen atoms in total. The summed E-state index contributed by atoms with van der Waals surface area (Å²) in [5.74, 6) is 0.634. The van der Waals surface area contributed by atoms with E-state index >= 15 is 0 Å². The number of hydrogen-bond donors (Lipinski definition) is 0. The molecule has 0 saturated carbocycles. The first kappa shape index (κ1) is 12.2. The Morgan fingerprint density at radius 2 is 1.95 bits per heavy atom. The van der Waals surface area contributed by atoms with Crippen molar-refractivity contribution < 1.29 is 0 Å². The van der Waals surface area contributed by atoms with Gasteiger partial charge in [0.15, 0.2) is 5.82 Å². The van der Waals surface area contributed by atoms with Crippen molar-refractivity contribution >= 4 is 12.2 Å². The van der Waals surface area contributed by atoms with Gasteiger partial charge < -0.3 is 0 Å². The summed E-state index contributed by atoms with van der Waals surface area (Å²) >= 11 is 0. The van der Waals surface area contributed by atoms with Crippen molar-refractivity contribution in [2.24, 2.45) is 7.05 Å². The summed E-state index contributed by atoms with van der Waals surface area (Å²) < 4.78 is 1.74. The van der Waals surface area contributed by atoms with E-state index in [9.17, 15) is 0 Å². The van der Waals surface area contributed by atoms with Gasteiger partial charge in [-0.05, 0) is 18.2 Å². The summed E-state index contributed by atoms with van der Waals surface area (Å²) in [6.45, 7) is 0. The highest BCUT2D eigenvalue weighted by atomic mass is 15.2. The summed E-state index contributed by atoms with van der Waals surface area (Å²) in [4.78, 5) is 16.6. The van der Waals surface area contributed by atoms with Crippen molar-refractivity contribution in [2.75, 3.05) is 0 Å². The molecule has 0 spiro atoms. The molecule has 0 aliphatic heterocycles. The van der Waals surface area contributed by atoms with Gasteiger partial charge in [-0.1, -0.05) is 0 Å². The molecule has 0 amide bonds. The number of rotatable bonds is 3. The Bertz CT molecular complexity index is 732. The van der Waals surface area contributed by atoms with Crippen molar-refractivity contribution in [1.82, 2.24) is 29.7 Å². The molecule has 98 valence electrons. The maximum Gasteiger partial charge on any atom is 0.152 e. The quantitative estimate of drug-likeness (QED) is 0.722. The van der Waals surface area contributed by atoms with Crippen molar-refractivity contribution in [3.05, 3.63) is 54.8 Å². The third-order valence-corrected chi connectivity index (χ3v) is 2.68. The molecule has 0 fully saturated rings.